The number of likely N-dealkylation sites (N-methyl/N-ethyl adjacent to an activating group) is 1. The smallest absolute Gasteiger partial charge is 0.241 e. The van der Waals surface area contributed by atoms with Gasteiger partial charge in [0, 0.05) is 13.1 Å². The fraction of sp³-hybridized carbons (Fsp3) is 0.923. The van der Waals surface area contributed by atoms with Crippen molar-refractivity contribution in [3.63, 3.8) is 0 Å². The van der Waals surface area contributed by atoms with Gasteiger partial charge in [0.1, 0.15) is 0 Å². The first-order valence-corrected chi connectivity index (χ1v) is 6.85. The molecule has 5 heteroatoms. The molecule has 5 nitrogen and oxygen atoms in total. The molecule has 0 spiro atoms. The summed E-state index contributed by atoms with van der Waals surface area (Å²) in [6, 6.07) is 0.00627. The van der Waals surface area contributed by atoms with Crippen LogP contribution in [0, 0.1) is 0 Å². The Labute approximate surface area is 110 Å². The number of carbonyl (C=O) groups excluding carboxylic acids is 1. The molecule has 1 aliphatic heterocycles. The van der Waals surface area contributed by atoms with Crippen LogP contribution in [0.1, 0.15) is 26.7 Å². The molecule has 2 atom stereocenters. The summed E-state index contributed by atoms with van der Waals surface area (Å²) in [5.41, 5.74) is 0. The van der Waals surface area contributed by atoms with Gasteiger partial charge < -0.3 is 14.5 Å². The van der Waals surface area contributed by atoms with E-state index in [9.17, 15) is 4.79 Å². The Hall–Kier alpha value is -0.650. The van der Waals surface area contributed by atoms with Crippen LogP contribution in [0.2, 0.25) is 0 Å². The van der Waals surface area contributed by atoms with Gasteiger partial charge in [0.2, 0.25) is 5.91 Å². The van der Waals surface area contributed by atoms with Gasteiger partial charge in [0.15, 0.2) is 0 Å². The van der Waals surface area contributed by atoms with Crippen molar-refractivity contribution in [2.75, 3.05) is 40.4 Å². The van der Waals surface area contributed by atoms with Gasteiger partial charge in [0.05, 0.1) is 25.4 Å². The van der Waals surface area contributed by atoms with Crippen LogP contribution in [0.25, 0.3) is 0 Å². The molecule has 0 bridgehead atoms. The number of hydrogen-bond donors (Lipinski definition) is 1. The molecule has 0 aromatic carbocycles. The van der Waals surface area contributed by atoms with Crippen LogP contribution in [-0.4, -0.2) is 68.3 Å². The van der Waals surface area contributed by atoms with Gasteiger partial charge in [-0.25, -0.2) is 0 Å². The molecule has 1 rings (SSSR count). The van der Waals surface area contributed by atoms with E-state index in [1.54, 1.807) is 0 Å². The monoisotopic (exact) mass is 257 g/mol. The van der Waals surface area contributed by atoms with Crippen molar-refractivity contribution in [2.24, 2.45) is 0 Å². The Kier molecular flexibility index (Phi) is 6.60. The summed E-state index contributed by atoms with van der Waals surface area (Å²) in [6.07, 6.45) is 2.08. The topological polar surface area (TPSA) is 44.8 Å². The number of hydrogen-bond acceptors (Lipinski definition) is 4. The number of nitrogens with zero attached hydrogens (tertiary/aromatic N) is 2. The van der Waals surface area contributed by atoms with E-state index in [1.807, 2.05) is 25.9 Å². The Balaban J connectivity index is 2.23. The molecule has 1 aliphatic rings. The van der Waals surface area contributed by atoms with Gasteiger partial charge in [-0.2, -0.15) is 0 Å². The maximum atomic E-state index is 12.1. The summed E-state index contributed by atoms with van der Waals surface area (Å²) in [6.45, 7) is 7.07. The van der Waals surface area contributed by atoms with Crippen molar-refractivity contribution in [3.05, 3.63) is 0 Å². The standard InChI is InChI=1S/C13H27N3O2/c1-5-6-12-13(17)16(11(2)14-12)8-10-18-9-7-15(3)4/h11-12,14H,5-10H2,1-4H3. The Morgan fingerprint density at radius 2 is 2.11 bits per heavy atom. The quantitative estimate of drug-likeness (QED) is 0.644. The molecule has 0 radical (unpaired) electrons. The van der Waals surface area contributed by atoms with Crippen molar-refractivity contribution < 1.29 is 9.53 Å². The average molecular weight is 257 g/mol. The molecule has 1 saturated heterocycles. The van der Waals surface area contributed by atoms with Crippen molar-refractivity contribution in [1.29, 1.82) is 0 Å². The second kappa shape index (κ2) is 7.71. The Morgan fingerprint density at radius 1 is 1.39 bits per heavy atom. The molecule has 0 aromatic rings. The van der Waals surface area contributed by atoms with E-state index in [1.165, 1.54) is 0 Å². The van der Waals surface area contributed by atoms with Crippen LogP contribution in [-0.2, 0) is 9.53 Å². The summed E-state index contributed by atoms with van der Waals surface area (Å²) in [5.74, 6) is 0.223. The third-order valence-electron chi connectivity index (χ3n) is 3.23. The zero-order valence-electron chi connectivity index (χ0n) is 12.1. The average Bonchev–Trinajstić information content (AvgIpc) is 2.56. The molecule has 106 valence electrons. The van der Waals surface area contributed by atoms with Crippen molar-refractivity contribution in [1.82, 2.24) is 15.1 Å². The molecule has 1 fully saturated rings. The number of ether oxygens (including phenoxy) is 1. The van der Waals surface area contributed by atoms with E-state index in [2.05, 4.69) is 17.1 Å². The second-order valence-corrected chi connectivity index (χ2v) is 5.13. The third kappa shape index (κ3) is 4.55. The molecule has 1 amide bonds. The van der Waals surface area contributed by atoms with Crippen LogP contribution in [0.4, 0.5) is 0 Å². The van der Waals surface area contributed by atoms with Gasteiger partial charge in [-0.15, -0.1) is 0 Å². The van der Waals surface area contributed by atoms with E-state index in [4.69, 9.17) is 4.74 Å². The highest BCUT2D eigenvalue weighted by molar-refractivity contribution is 5.84. The van der Waals surface area contributed by atoms with Gasteiger partial charge in [-0.3, -0.25) is 10.1 Å². The normalized spacial score (nSPS) is 24.3. The van der Waals surface area contributed by atoms with Crippen molar-refractivity contribution >= 4 is 5.91 Å². The maximum absolute atomic E-state index is 12.1. The highest BCUT2D eigenvalue weighted by atomic mass is 16.5. The minimum atomic E-state index is 0.00627. The minimum Gasteiger partial charge on any atom is -0.378 e. The molecule has 1 heterocycles. The SMILES string of the molecule is CCCC1NC(C)N(CCOCCN(C)C)C1=O. The van der Waals surface area contributed by atoms with Crippen molar-refractivity contribution in [2.45, 2.75) is 38.9 Å². The predicted octanol–water partition coefficient (Wildman–Crippen LogP) is 0.511. The first kappa shape index (κ1) is 15.4. The van der Waals surface area contributed by atoms with Gasteiger partial charge >= 0.3 is 0 Å². The summed E-state index contributed by atoms with van der Waals surface area (Å²) < 4.78 is 5.53. The zero-order chi connectivity index (χ0) is 13.5. The van der Waals surface area contributed by atoms with Gasteiger partial charge in [-0.05, 0) is 27.4 Å². The van der Waals surface area contributed by atoms with E-state index < -0.39 is 0 Å². The van der Waals surface area contributed by atoms with Crippen LogP contribution in [0.15, 0.2) is 0 Å². The summed E-state index contributed by atoms with van der Waals surface area (Å²) >= 11 is 0. The number of rotatable bonds is 8. The Bertz CT molecular complexity index is 259. The molecule has 0 aromatic heterocycles. The molecular formula is C13H27N3O2. The lowest BCUT2D eigenvalue weighted by Crippen LogP contribution is -2.37. The third-order valence-corrected chi connectivity index (χ3v) is 3.23. The van der Waals surface area contributed by atoms with Crippen LogP contribution in [0.3, 0.4) is 0 Å². The number of nitrogens with one attached hydrogen (secondary N) is 1. The first-order chi connectivity index (χ1) is 8.56. The number of amides is 1. The molecule has 1 N–H and O–H groups in total. The first-order valence-electron chi connectivity index (χ1n) is 6.85. The van der Waals surface area contributed by atoms with Crippen LogP contribution < -0.4 is 5.32 Å². The second-order valence-electron chi connectivity index (χ2n) is 5.13. The van der Waals surface area contributed by atoms with Gasteiger partial charge in [0.25, 0.3) is 0 Å². The van der Waals surface area contributed by atoms with Crippen molar-refractivity contribution in [3.8, 4) is 0 Å². The Morgan fingerprint density at radius 3 is 2.72 bits per heavy atom. The largest absolute Gasteiger partial charge is 0.378 e. The predicted molar refractivity (Wildman–Crippen MR) is 72.4 cm³/mol. The zero-order valence-corrected chi connectivity index (χ0v) is 12.1. The minimum absolute atomic E-state index is 0.00627. The molecule has 0 saturated carbocycles. The van der Waals surface area contributed by atoms with E-state index >= 15 is 0 Å². The lowest BCUT2D eigenvalue weighted by molar-refractivity contribution is -0.130. The fourth-order valence-corrected chi connectivity index (χ4v) is 2.15. The highest BCUT2D eigenvalue weighted by Crippen LogP contribution is 2.13. The maximum Gasteiger partial charge on any atom is 0.241 e. The summed E-state index contributed by atoms with van der Waals surface area (Å²) in [7, 11) is 4.05. The highest BCUT2D eigenvalue weighted by Gasteiger charge is 2.35. The molecule has 2 unspecified atom stereocenters. The van der Waals surface area contributed by atoms with Gasteiger partial charge in [-0.1, -0.05) is 13.3 Å². The molecule has 0 aliphatic carbocycles. The summed E-state index contributed by atoms with van der Waals surface area (Å²) in [5, 5.41) is 3.33. The molecule has 18 heavy (non-hydrogen) atoms. The number of carbonyl (C=O) groups is 1. The van der Waals surface area contributed by atoms with E-state index in [0.29, 0.717) is 13.2 Å². The van der Waals surface area contributed by atoms with E-state index in [-0.39, 0.29) is 18.1 Å². The lowest BCUT2D eigenvalue weighted by Gasteiger charge is -2.21. The summed E-state index contributed by atoms with van der Waals surface area (Å²) in [4.78, 5) is 16.0. The van der Waals surface area contributed by atoms with Crippen LogP contribution in [0.5, 0.6) is 0 Å². The fourth-order valence-electron chi connectivity index (χ4n) is 2.15. The lowest BCUT2D eigenvalue weighted by atomic mass is 10.2. The van der Waals surface area contributed by atoms with E-state index in [0.717, 1.165) is 26.0 Å². The van der Waals surface area contributed by atoms with Crippen LogP contribution >= 0.6 is 0 Å². The molecular weight excluding hydrogens is 230 g/mol.